The van der Waals surface area contributed by atoms with Gasteiger partial charge in [-0.05, 0) is 54.9 Å². The van der Waals surface area contributed by atoms with E-state index >= 15 is 0 Å². The van der Waals surface area contributed by atoms with Crippen molar-refractivity contribution in [1.29, 1.82) is 0 Å². The van der Waals surface area contributed by atoms with E-state index in [1.54, 1.807) is 21.6 Å². The molecule has 1 aromatic carbocycles. The van der Waals surface area contributed by atoms with Gasteiger partial charge in [0.25, 0.3) is 11.5 Å². The fraction of sp³-hybridized carbons (Fsp3) is 0.357. The summed E-state index contributed by atoms with van der Waals surface area (Å²) in [6, 6.07) is 13.9. The van der Waals surface area contributed by atoms with Crippen LogP contribution in [0.5, 0.6) is 0 Å². The van der Waals surface area contributed by atoms with E-state index in [1.807, 2.05) is 49.4 Å². The summed E-state index contributed by atoms with van der Waals surface area (Å²) in [5, 5.41) is 0. The van der Waals surface area contributed by atoms with Crippen LogP contribution in [0.2, 0.25) is 0 Å². The number of amides is 1. The van der Waals surface area contributed by atoms with E-state index in [1.165, 1.54) is 11.8 Å². The second kappa shape index (κ2) is 10.2. The van der Waals surface area contributed by atoms with Crippen molar-refractivity contribution >= 4 is 51.7 Å². The van der Waals surface area contributed by atoms with Crippen molar-refractivity contribution in [2.24, 2.45) is 11.8 Å². The molecule has 1 amide bonds. The van der Waals surface area contributed by atoms with E-state index in [-0.39, 0.29) is 11.5 Å². The van der Waals surface area contributed by atoms with Crippen LogP contribution in [0.3, 0.4) is 0 Å². The molecule has 0 aliphatic carbocycles. The Bertz CT molecular complexity index is 1410. The van der Waals surface area contributed by atoms with Crippen molar-refractivity contribution in [3.05, 3.63) is 80.6 Å². The monoisotopic (exact) mass is 518 g/mol. The van der Waals surface area contributed by atoms with Gasteiger partial charge < -0.3 is 4.90 Å². The number of fused-ring (bicyclic) bond motifs is 1. The Hall–Kier alpha value is -2.97. The fourth-order valence-electron chi connectivity index (χ4n) is 5.16. The Balaban J connectivity index is 1.53. The van der Waals surface area contributed by atoms with Crippen LogP contribution in [0.1, 0.15) is 37.0 Å². The van der Waals surface area contributed by atoms with Crippen LogP contribution in [0.25, 0.3) is 11.7 Å². The number of hydrogen-bond acceptors (Lipinski definition) is 6. The zero-order valence-electron chi connectivity index (χ0n) is 20.8. The molecule has 0 spiro atoms. The van der Waals surface area contributed by atoms with Crippen LogP contribution < -0.4 is 10.5 Å². The van der Waals surface area contributed by atoms with Crippen LogP contribution in [-0.4, -0.2) is 44.1 Å². The quantitative estimate of drug-likeness (QED) is 0.353. The highest BCUT2D eigenvalue weighted by Gasteiger charge is 2.33. The molecule has 0 unspecified atom stereocenters. The second-order valence-corrected chi connectivity index (χ2v) is 11.7. The number of thiocarbonyl (C=S) groups is 1. The van der Waals surface area contributed by atoms with Crippen LogP contribution in [0, 0.1) is 18.8 Å². The topological polar surface area (TPSA) is 57.9 Å². The number of carbonyl (C=O) groups excluding carboxylic acids is 1. The molecule has 36 heavy (non-hydrogen) atoms. The Labute approximate surface area is 221 Å². The first-order valence-electron chi connectivity index (χ1n) is 12.4. The molecule has 4 heterocycles. The first-order valence-corrected chi connectivity index (χ1v) is 13.6. The highest BCUT2D eigenvalue weighted by molar-refractivity contribution is 8.26. The van der Waals surface area contributed by atoms with Gasteiger partial charge in [-0.2, -0.15) is 0 Å². The molecular formula is C28H30N4O2S2. The summed E-state index contributed by atoms with van der Waals surface area (Å²) in [4.78, 5) is 36.4. The Morgan fingerprint density at radius 2 is 1.81 bits per heavy atom. The van der Waals surface area contributed by atoms with Crippen molar-refractivity contribution in [3.8, 4) is 0 Å². The summed E-state index contributed by atoms with van der Waals surface area (Å²) in [6.45, 7) is 8.59. The molecule has 3 aromatic rings. The van der Waals surface area contributed by atoms with Gasteiger partial charge >= 0.3 is 0 Å². The number of aromatic nitrogens is 2. The number of thioether (sulfide) groups is 1. The Morgan fingerprint density at radius 1 is 1.08 bits per heavy atom. The zero-order chi connectivity index (χ0) is 25.4. The van der Waals surface area contributed by atoms with Gasteiger partial charge in [0.1, 0.15) is 15.8 Å². The maximum Gasteiger partial charge on any atom is 0.267 e. The molecule has 6 nitrogen and oxygen atoms in total. The van der Waals surface area contributed by atoms with E-state index in [0.717, 1.165) is 37.1 Å². The molecule has 186 valence electrons. The standard InChI is InChI=1S/C28H30N4O2S2/c1-18-9-10-24-29-25(30-15-19(2)13-20(3)16-30)22(26(33)32(24)17-18)14-23-27(34)31(28(35)36-23)12-11-21-7-5-4-6-8-21/h4-10,14,17,19-20H,11-13,15-16H2,1-3H3/b23-14-/t19-,20-/m0/s1. The summed E-state index contributed by atoms with van der Waals surface area (Å²) in [6.07, 6.45) is 5.38. The van der Waals surface area contributed by atoms with Crippen molar-refractivity contribution < 1.29 is 4.79 Å². The second-order valence-electron chi connectivity index (χ2n) is 10.0. The van der Waals surface area contributed by atoms with Crippen molar-refractivity contribution in [2.75, 3.05) is 24.5 Å². The minimum Gasteiger partial charge on any atom is -0.355 e. The van der Waals surface area contributed by atoms with Crippen molar-refractivity contribution in [3.63, 3.8) is 0 Å². The number of anilines is 1. The first kappa shape index (κ1) is 24.7. The van der Waals surface area contributed by atoms with Gasteiger partial charge in [-0.15, -0.1) is 0 Å². The number of aryl methyl sites for hydroxylation is 1. The average molecular weight is 519 g/mol. The lowest BCUT2D eigenvalue weighted by Gasteiger charge is -2.36. The lowest BCUT2D eigenvalue weighted by Crippen LogP contribution is -2.40. The third-order valence-electron chi connectivity index (χ3n) is 6.77. The molecule has 8 heteroatoms. The van der Waals surface area contributed by atoms with Crippen molar-refractivity contribution in [2.45, 2.75) is 33.6 Å². The molecule has 0 saturated carbocycles. The van der Waals surface area contributed by atoms with Crippen LogP contribution in [0.4, 0.5) is 5.82 Å². The number of piperidine rings is 1. The maximum absolute atomic E-state index is 13.8. The summed E-state index contributed by atoms with van der Waals surface area (Å²) < 4.78 is 2.10. The SMILES string of the molecule is Cc1ccc2nc(N3C[C@@H](C)C[C@H](C)C3)c(/C=C3\SC(=S)N(CCc4ccccc4)C3=O)c(=O)n2c1. The van der Waals surface area contributed by atoms with Gasteiger partial charge in [0.2, 0.25) is 0 Å². The maximum atomic E-state index is 13.8. The van der Waals surface area contributed by atoms with Crippen LogP contribution >= 0.6 is 24.0 Å². The van der Waals surface area contributed by atoms with Crippen LogP contribution in [-0.2, 0) is 11.2 Å². The Kier molecular flexibility index (Phi) is 6.99. The highest BCUT2D eigenvalue weighted by atomic mass is 32.2. The minimum atomic E-state index is -0.167. The van der Waals surface area contributed by atoms with Gasteiger partial charge in [0, 0.05) is 25.8 Å². The number of nitrogens with zero attached hydrogens (tertiary/aromatic N) is 4. The van der Waals surface area contributed by atoms with E-state index in [4.69, 9.17) is 17.2 Å². The molecule has 0 radical (unpaired) electrons. The summed E-state index contributed by atoms with van der Waals surface area (Å²) in [7, 11) is 0. The van der Waals surface area contributed by atoms with Gasteiger partial charge in [-0.3, -0.25) is 18.9 Å². The summed E-state index contributed by atoms with van der Waals surface area (Å²) in [5.74, 6) is 1.49. The minimum absolute atomic E-state index is 0.152. The normalized spacial score (nSPS) is 21.7. The number of pyridine rings is 1. The smallest absolute Gasteiger partial charge is 0.267 e. The molecule has 2 fully saturated rings. The largest absolute Gasteiger partial charge is 0.355 e. The molecule has 0 bridgehead atoms. The van der Waals surface area contributed by atoms with Crippen LogP contribution in [0.15, 0.2) is 58.4 Å². The van der Waals surface area contributed by atoms with E-state index in [9.17, 15) is 9.59 Å². The molecular weight excluding hydrogens is 488 g/mol. The number of rotatable bonds is 5. The molecule has 0 N–H and O–H groups in total. The third kappa shape index (κ3) is 4.97. The molecule has 5 rings (SSSR count). The molecule has 2 saturated heterocycles. The lowest BCUT2D eigenvalue weighted by molar-refractivity contribution is -0.122. The summed E-state index contributed by atoms with van der Waals surface area (Å²) >= 11 is 6.82. The first-order chi connectivity index (χ1) is 17.3. The van der Waals surface area contributed by atoms with E-state index in [2.05, 4.69) is 18.7 Å². The van der Waals surface area contributed by atoms with Gasteiger partial charge in [0.05, 0.1) is 10.5 Å². The van der Waals surface area contributed by atoms with Crippen molar-refractivity contribution in [1.82, 2.24) is 14.3 Å². The Morgan fingerprint density at radius 3 is 2.53 bits per heavy atom. The fourth-order valence-corrected chi connectivity index (χ4v) is 6.45. The van der Waals surface area contributed by atoms with E-state index < -0.39 is 0 Å². The zero-order valence-corrected chi connectivity index (χ0v) is 22.4. The lowest BCUT2D eigenvalue weighted by atomic mass is 9.91. The van der Waals surface area contributed by atoms with E-state index in [0.29, 0.717) is 44.6 Å². The summed E-state index contributed by atoms with van der Waals surface area (Å²) in [5.41, 5.74) is 3.01. The molecule has 2 atom stereocenters. The van der Waals surface area contributed by atoms with Gasteiger partial charge in [0.15, 0.2) is 0 Å². The predicted octanol–water partition coefficient (Wildman–Crippen LogP) is 4.93. The van der Waals surface area contributed by atoms with Gasteiger partial charge in [-0.1, -0.05) is 74.2 Å². The highest BCUT2D eigenvalue weighted by Crippen LogP contribution is 2.34. The van der Waals surface area contributed by atoms with Gasteiger partial charge in [-0.25, -0.2) is 4.98 Å². The number of hydrogen-bond donors (Lipinski definition) is 0. The number of benzene rings is 1. The third-order valence-corrected chi connectivity index (χ3v) is 8.15. The molecule has 2 aliphatic rings. The predicted molar refractivity (Wildman–Crippen MR) is 151 cm³/mol. The number of carbonyl (C=O) groups is 1. The average Bonchev–Trinajstić information content (AvgIpc) is 3.11. The molecule has 2 aliphatic heterocycles. The molecule has 2 aromatic heterocycles.